The van der Waals surface area contributed by atoms with Crippen LogP contribution in [-0.2, 0) is 13.0 Å². The lowest BCUT2D eigenvalue weighted by Gasteiger charge is -2.36. The molecule has 4 nitrogen and oxygen atoms in total. The molecule has 0 saturated heterocycles. The topological polar surface area (TPSA) is 41.1 Å². The molecule has 26 heavy (non-hydrogen) atoms. The average molecular weight is 365 g/mol. The predicted molar refractivity (Wildman–Crippen MR) is 107 cm³/mol. The van der Waals surface area contributed by atoms with Gasteiger partial charge in [-0.3, -0.25) is 0 Å². The monoisotopic (exact) mass is 364 g/mol. The van der Waals surface area contributed by atoms with Crippen LogP contribution in [0.4, 0.5) is 17.5 Å². The minimum Gasteiger partial charge on any atom is -0.349 e. The molecular formula is C21H21ClN4. The Morgan fingerprint density at radius 1 is 1.04 bits per heavy atom. The number of aromatic nitrogens is 2. The number of halogens is 1. The van der Waals surface area contributed by atoms with Crippen molar-refractivity contribution in [2.45, 2.75) is 32.9 Å². The number of nitrogens with one attached hydrogen (secondary N) is 1. The molecule has 0 radical (unpaired) electrons. The average Bonchev–Trinajstić information content (AvgIpc) is 2.60. The summed E-state index contributed by atoms with van der Waals surface area (Å²) in [5.41, 5.74) is 4.61. The number of hydrogen-bond acceptors (Lipinski definition) is 4. The normalized spacial score (nSPS) is 16.3. The first-order chi connectivity index (χ1) is 12.6. The Kier molecular flexibility index (Phi) is 4.51. The minimum atomic E-state index is 0.387. The molecule has 3 aromatic rings. The summed E-state index contributed by atoms with van der Waals surface area (Å²) in [6, 6.07) is 18.7. The summed E-state index contributed by atoms with van der Waals surface area (Å²) in [7, 11) is 0. The van der Waals surface area contributed by atoms with Gasteiger partial charge in [-0.05, 0) is 49.6 Å². The number of benzene rings is 2. The van der Waals surface area contributed by atoms with Crippen LogP contribution in [0.2, 0.25) is 5.02 Å². The third-order valence-corrected chi connectivity index (χ3v) is 4.96. The van der Waals surface area contributed by atoms with Gasteiger partial charge >= 0.3 is 0 Å². The van der Waals surface area contributed by atoms with Gasteiger partial charge in [-0.15, -0.1) is 0 Å². The molecule has 1 aromatic heterocycles. The molecule has 0 fully saturated rings. The standard InChI is InChI=1S/C21H21ClN4/c1-14-10-20(25-21(23-14)24-19-9-5-8-18(22)12-19)26-13-17-7-4-3-6-16(17)11-15(26)2/h3-10,12,15H,11,13H2,1-2H3,(H,23,24,25)/t15-/m1/s1. The second-order valence-electron chi connectivity index (χ2n) is 6.78. The fraction of sp³-hybridized carbons (Fsp3) is 0.238. The highest BCUT2D eigenvalue weighted by molar-refractivity contribution is 6.30. The molecule has 0 amide bonds. The van der Waals surface area contributed by atoms with Crippen molar-refractivity contribution < 1.29 is 0 Å². The minimum absolute atomic E-state index is 0.387. The summed E-state index contributed by atoms with van der Waals surface area (Å²) in [6.07, 6.45) is 1.02. The summed E-state index contributed by atoms with van der Waals surface area (Å²) >= 11 is 6.07. The third-order valence-electron chi connectivity index (χ3n) is 4.72. The first-order valence-corrected chi connectivity index (χ1v) is 9.18. The fourth-order valence-corrected chi connectivity index (χ4v) is 3.63. The Morgan fingerprint density at radius 2 is 1.85 bits per heavy atom. The fourth-order valence-electron chi connectivity index (χ4n) is 3.44. The van der Waals surface area contributed by atoms with Crippen molar-refractivity contribution in [2.75, 3.05) is 10.2 Å². The van der Waals surface area contributed by atoms with Crippen molar-refractivity contribution in [3.63, 3.8) is 0 Å². The highest BCUT2D eigenvalue weighted by Crippen LogP contribution is 2.28. The molecule has 4 rings (SSSR count). The molecule has 0 unspecified atom stereocenters. The first kappa shape index (κ1) is 16.9. The summed E-state index contributed by atoms with van der Waals surface area (Å²) in [6.45, 7) is 5.11. The first-order valence-electron chi connectivity index (χ1n) is 8.80. The number of rotatable bonds is 3. The molecule has 2 heterocycles. The molecule has 1 N–H and O–H groups in total. The zero-order valence-electron chi connectivity index (χ0n) is 14.9. The molecule has 0 aliphatic carbocycles. The van der Waals surface area contributed by atoms with E-state index in [9.17, 15) is 0 Å². The Balaban J connectivity index is 1.64. The Bertz CT molecular complexity index is 941. The number of aryl methyl sites for hydroxylation is 1. The van der Waals surface area contributed by atoms with E-state index in [2.05, 4.69) is 46.4 Å². The second-order valence-corrected chi connectivity index (χ2v) is 7.21. The molecule has 132 valence electrons. The van der Waals surface area contributed by atoms with Gasteiger partial charge in [0, 0.05) is 35.1 Å². The molecular weight excluding hydrogens is 344 g/mol. The van der Waals surface area contributed by atoms with E-state index >= 15 is 0 Å². The molecule has 2 aromatic carbocycles. The van der Waals surface area contributed by atoms with Crippen molar-refractivity contribution in [2.24, 2.45) is 0 Å². The highest BCUT2D eigenvalue weighted by atomic mass is 35.5. The van der Waals surface area contributed by atoms with E-state index in [-0.39, 0.29) is 0 Å². The van der Waals surface area contributed by atoms with Crippen molar-refractivity contribution in [3.05, 3.63) is 76.4 Å². The van der Waals surface area contributed by atoms with Gasteiger partial charge in [-0.1, -0.05) is 41.9 Å². The lowest BCUT2D eigenvalue weighted by Crippen LogP contribution is -2.39. The van der Waals surface area contributed by atoms with Crippen LogP contribution in [0, 0.1) is 6.92 Å². The summed E-state index contributed by atoms with van der Waals surface area (Å²) < 4.78 is 0. The molecule has 1 aliphatic heterocycles. The Labute approximate surface area is 158 Å². The van der Waals surface area contributed by atoms with Gasteiger partial charge in [-0.25, -0.2) is 4.98 Å². The summed E-state index contributed by atoms with van der Waals surface area (Å²) in [4.78, 5) is 11.6. The maximum absolute atomic E-state index is 6.07. The number of anilines is 3. The SMILES string of the molecule is Cc1cc(N2Cc3ccccc3C[C@H]2C)nc(Nc2cccc(Cl)c2)n1. The third kappa shape index (κ3) is 3.51. The quantitative estimate of drug-likeness (QED) is 0.699. The number of fused-ring (bicyclic) bond motifs is 1. The van der Waals surface area contributed by atoms with Crippen LogP contribution < -0.4 is 10.2 Å². The molecule has 1 atom stereocenters. The maximum Gasteiger partial charge on any atom is 0.229 e. The van der Waals surface area contributed by atoms with Crippen molar-refractivity contribution in [1.29, 1.82) is 0 Å². The van der Waals surface area contributed by atoms with Crippen molar-refractivity contribution in [1.82, 2.24) is 9.97 Å². The van der Waals surface area contributed by atoms with Gasteiger partial charge in [0.1, 0.15) is 5.82 Å². The van der Waals surface area contributed by atoms with Crippen molar-refractivity contribution >= 4 is 29.1 Å². The molecule has 5 heteroatoms. The van der Waals surface area contributed by atoms with Crippen molar-refractivity contribution in [3.8, 4) is 0 Å². The van der Waals surface area contributed by atoms with E-state index in [4.69, 9.17) is 16.6 Å². The van der Waals surface area contributed by atoms with E-state index in [0.29, 0.717) is 17.0 Å². The van der Waals surface area contributed by atoms with Gasteiger partial charge in [-0.2, -0.15) is 4.98 Å². The van der Waals surface area contributed by atoms with E-state index in [1.54, 1.807) is 0 Å². The molecule has 0 saturated carbocycles. The van der Waals surface area contributed by atoms with Crippen LogP contribution in [0.1, 0.15) is 23.7 Å². The number of nitrogens with zero attached hydrogens (tertiary/aromatic N) is 3. The molecule has 1 aliphatic rings. The summed E-state index contributed by atoms with van der Waals surface area (Å²) in [5.74, 6) is 1.54. The number of hydrogen-bond donors (Lipinski definition) is 1. The highest BCUT2D eigenvalue weighted by Gasteiger charge is 2.24. The molecule has 0 spiro atoms. The molecule has 0 bridgehead atoms. The Morgan fingerprint density at radius 3 is 2.65 bits per heavy atom. The Hall–Kier alpha value is -2.59. The summed E-state index contributed by atoms with van der Waals surface area (Å²) in [5, 5.41) is 3.95. The van der Waals surface area contributed by atoms with Crippen LogP contribution in [0.3, 0.4) is 0 Å². The van der Waals surface area contributed by atoms with Gasteiger partial charge in [0.2, 0.25) is 5.95 Å². The second kappa shape index (κ2) is 6.96. The van der Waals surface area contributed by atoms with Crippen LogP contribution >= 0.6 is 11.6 Å². The van der Waals surface area contributed by atoms with E-state index in [1.807, 2.05) is 37.3 Å². The van der Waals surface area contributed by atoms with Gasteiger partial charge in [0.05, 0.1) is 0 Å². The zero-order valence-corrected chi connectivity index (χ0v) is 15.7. The van der Waals surface area contributed by atoms with Crippen LogP contribution in [0.25, 0.3) is 0 Å². The van der Waals surface area contributed by atoms with Crippen LogP contribution in [0.15, 0.2) is 54.6 Å². The smallest absolute Gasteiger partial charge is 0.229 e. The van der Waals surface area contributed by atoms with Crippen LogP contribution in [0.5, 0.6) is 0 Å². The van der Waals surface area contributed by atoms with E-state index < -0.39 is 0 Å². The largest absolute Gasteiger partial charge is 0.349 e. The maximum atomic E-state index is 6.07. The van der Waals surface area contributed by atoms with E-state index in [1.165, 1.54) is 11.1 Å². The van der Waals surface area contributed by atoms with Gasteiger partial charge < -0.3 is 10.2 Å². The van der Waals surface area contributed by atoms with Crippen LogP contribution in [-0.4, -0.2) is 16.0 Å². The van der Waals surface area contributed by atoms with Gasteiger partial charge in [0.25, 0.3) is 0 Å². The van der Waals surface area contributed by atoms with Gasteiger partial charge in [0.15, 0.2) is 0 Å². The van der Waals surface area contributed by atoms with E-state index in [0.717, 1.165) is 30.2 Å². The lowest BCUT2D eigenvalue weighted by molar-refractivity contribution is 0.586. The predicted octanol–water partition coefficient (Wildman–Crippen LogP) is 5.13. The zero-order chi connectivity index (χ0) is 18.1. The lowest BCUT2D eigenvalue weighted by atomic mass is 9.95.